The van der Waals surface area contributed by atoms with Crippen LogP contribution < -0.4 is 14.5 Å². The number of halogens is 1. The summed E-state index contributed by atoms with van der Waals surface area (Å²) in [7, 11) is 0. The minimum atomic E-state index is -0.895. The second kappa shape index (κ2) is 11.0. The van der Waals surface area contributed by atoms with Gasteiger partial charge in [0.2, 0.25) is 11.8 Å². The fourth-order valence-electron chi connectivity index (χ4n) is 5.27. The van der Waals surface area contributed by atoms with Gasteiger partial charge in [0.15, 0.2) is 6.61 Å². The highest BCUT2D eigenvalue weighted by molar-refractivity contribution is 9.10. The molecule has 0 aliphatic carbocycles. The molecule has 2 aromatic carbocycles. The van der Waals surface area contributed by atoms with Gasteiger partial charge < -0.3 is 19.4 Å². The van der Waals surface area contributed by atoms with E-state index >= 15 is 0 Å². The van der Waals surface area contributed by atoms with E-state index in [1.165, 1.54) is 24.3 Å². The minimum Gasteiger partial charge on any atom is -0.483 e. The molecule has 41 heavy (non-hydrogen) atoms. The van der Waals surface area contributed by atoms with E-state index < -0.39 is 33.8 Å². The van der Waals surface area contributed by atoms with Crippen LogP contribution in [0.3, 0.4) is 0 Å². The van der Waals surface area contributed by atoms with Crippen molar-refractivity contribution in [3.8, 4) is 5.75 Å². The number of aromatic nitrogens is 1. The second-order valence-corrected chi connectivity index (χ2v) is 12.6. The Morgan fingerprint density at radius 1 is 1.12 bits per heavy atom. The Morgan fingerprint density at radius 3 is 2.56 bits per heavy atom. The van der Waals surface area contributed by atoms with Crippen LogP contribution in [0.4, 0.5) is 11.4 Å². The van der Waals surface area contributed by atoms with Crippen LogP contribution in [-0.4, -0.2) is 70.7 Å². The Morgan fingerprint density at radius 2 is 1.85 bits per heavy atom. The lowest BCUT2D eigenvalue weighted by Crippen LogP contribution is -2.43. The summed E-state index contributed by atoms with van der Waals surface area (Å²) in [6.45, 7) is 1.61. The molecule has 2 fully saturated rings. The number of amides is 3. The summed E-state index contributed by atoms with van der Waals surface area (Å²) < 4.78 is 12.0. The largest absolute Gasteiger partial charge is 0.483 e. The number of thioether (sulfide) groups is 1. The summed E-state index contributed by atoms with van der Waals surface area (Å²) in [4.78, 5) is 69.2. The standard InChI is InChI=1S/C26H21BrN4O8S2/c27-13-1-6-17(39-12-18(32)29-7-9-38-10-8-29)16(11-13)19-20-22(40-23-21(19)41-26(35)28-23)25(34)30(24(20)33)14-2-4-15(5-3-14)31(36)37/h1-6,11,19-20,22H,7-10,12H2,(H,28,35). The third-order valence-corrected chi connectivity index (χ3v) is 10.1. The number of rotatable bonds is 6. The first-order chi connectivity index (χ1) is 19.7. The molecule has 0 radical (unpaired) electrons. The number of carbonyl (C=O) groups excluding carboxylic acids is 3. The average Bonchev–Trinajstić information content (AvgIpc) is 3.46. The van der Waals surface area contributed by atoms with Gasteiger partial charge >= 0.3 is 4.87 Å². The fourth-order valence-corrected chi connectivity index (χ4v) is 8.15. The molecule has 3 aliphatic heterocycles. The molecule has 0 bridgehead atoms. The predicted molar refractivity (Wildman–Crippen MR) is 153 cm³/mol. The molecule has 6 rings (SSSR count). The SMILES string of the molecule is O=C(COc1ccc(Br)cc1C1c2sc(=O)[nH]c2SC2C(=O)N(c3ccc([N+](=O)[O-])cc3)C(=O)C21)N1CCOCC1. The number of nitrogens with zero attached hydrogens (tertiary/aromatic N) is 3. The van der Waals surface area contributed by atoms with Gasteiger partial charge in [-0.3, -0.25) is 29.3 Å². The number of nitro groups is 1. The zero-order valence-electron chi connectivity index (χ0n) is 21.1. The van der Waals surface area contributed by atoms with Crippen LogP contribution >= 0.6 is 39.0 Å². The number of anilines is 1. The minimum absolute atomic E-state index is 0.167. The topological polar surface area (TPSA) is 152 Å². The number of nitro benzene ring substituents is 1. The van der Waals surface area contributed by atoms with Gasteiger partial charge in [0.1, 0.15) is 11.0 Å². The van der Waals surface area contributed by atoms with Crippen molar-refractivity contribution in [2.45, 2.75) is 16.2 Å². The van der Waals surface area contributed by atoms with Gasteiger partial charge in [-0.15, -0.1) is 0 Å². The van der Waals surface area contributed by atoms with Crippen molar-refractivity contribution in [3.63, 3.8) is 0 Å². The number of benzene rings is 2. The lowest BCUT2D eigenvalue weighted by molar-refractivity contribution is -0.384. The molecule has 3 unspecified atom stereocenters. The molecule has 3 atom stereocenters. The highest BCUT2D eigenvalue weighted by Gasteiger charge is 2.57. The molecule has 3 amide bonds. The Balaban J connectivity index is 1.38. The van der Waals surface area contributed by atoms with Gasteiger partial charge in [-0.25, -0.2) is 4.90 Å². The van der Waals surface area contributed by atoms with Crippen molar-refractivity contribution in [2.75, 3.05) is 37.8 Å². The van der Waals surface area contributed by atoms with E-state index in [-0.39, 0.29) is 28.8 Å². The van der Waals surface area contributed by atoms with Crippen molar-refractivity contribution in [1.29, 1.82) is 0 Å². The number of thiazole rings is 1. The summed E-state index contributed by atoms with van der Waals surface area (Å²) in [5.41, 5.74) is 0.602. The monoisotopic (exact) mass is 660 g/mol. The summed E-state index contributed by atoms with van der Waals surface area (Å²) in [5, 5.41) is 10.8. The maximum Gasteiger partial charge on any atom is 0.305 e. The van der Waals surface area contributed by atoms with Crippen molar-refractivity contribution in [3.05, 3.63) is 77.2 Å². The molecule has 3 aliphatic rings. The Labute approximate surface area is 248 Å². The van der Waals surface area contributed by atoms with Crippen LogP contribution in [0.5, 0.6) is 5.75 Å². The molecule has 2 saturated heterocycles. The molecule has 0 spiro atoms. The Bertz CT molecular complexity index is 1620. The lowest BCUT2D eigenvalue weighted by Gasteiger charge is -2.31. The van der Waals surface area contributed by atoms with Crippen LogP contribution in [-0.2, 0) is 19.1 Å². The van der Waals surface area contributed by atoms with Crippen LogP contribution in [0.1, 0.15) is 16.4 Å². The van der Waals surface area contributed by atoms with E-state index in [1.807, 2.05) is 0 Å². The van der Waals surface area contributed by atoms with Crippen molar-refractivity contribution < 1.29 is 28.8 Å². The first kappa shape index (κ1) is 27.6. The van der Waals surface area contributed by atoms with Crippen molar-refractivity contribution in [1.82, 2.24) is 9.88 Å². The quantitative estimate of drug-likeness (QED) is 0.239. The Hall–Kier alpha value is -3.53. The summed E-state index contributed by atoms with van der Waals surface area (Å²) in [6, 6.07) is 10.4. The molecule has 1 aromatic heterocycles. The number of non-ortho nitro benzene ring substituents is 1. The predicted octanol–water partition coefficient (Wildman–Crippen LogP) is 3.14. The molecule has 15 heteroatoms. The zero-order valence-corrected chi connectivity index (χ0v) is 24.3. The number of aromatic amines is 1. The van der Waals surface area contributed by atoms with Gasteiger partial charge in [0.25, 0.3) is 11.6 Å². The zero-order chi connectivity index (χ0) is 28.8. The Kier molecular flexibility index (Phi) is 7.44. The molecular formula is C26H21BrN4O8S2. The van der Waals surface area contributed by atoms with Gasteiger partial charge in [0.05, 0.1) is 34.8 Å². The number of hydrogen-bond donors (Lipinski definition) is 1. The molecule has 1 N–H and O–H groups in total. The number of morpholine rings is 1. The van der Waals surface area contributed by atoms with Gasteiger partial charge in [-0.2, -0.15) is 0 Å². The number of H-pyrrole nitrogens is 1. The molecule has 0 saturated carbocycles. The third kappa shape index (κ3) is 5.07. The highest BCUT2D eigenvalue weighted by Crippen LogP contribution is 2.54. The first-order valence-corrected chi connectivity index (χ1v) is 15.0. The van der Waals surface area contributed by atoms with Crippen LogP contribution in [0.25, 0.3) is 0 Å². The van der Waals surface area contributed by atoms with Crippen molar-refractivity contribution in [2.24, 2.45) is 5.92 Å². The number of carbonyl (C=O) groups is 3. The number of imide groups is 1. The van der Waals surface area contributed by atoms with E-state index in [1.54, 1.807) is 23.1 Å². The normalized spacial score (nSPS) is 21.9. The van der Waals surface area contributed by atoms with E-state index in [0.29, 0.717) is 52.0 Å². The first-order valence-electron chi connectivity index (χ1n) is 12.5. The van der Waals surface area contributed by atoms with Crippen LogP contribution in [0, 0.1) is 16.0 Å². The highest BCUT2D eigenvalue weighted by atomic mass is 79.9. The maximum absolute atomic E-state index is 14.0. The summed E-state index contributed by atoms with van der Waals surface area (Å²) >= 11 is 5.57. The van der Waals surface area contributed by atoms with Gasteiger partial charge in [0, 0.05) is 46.1 Å². The lowest BCUT2D eigenvalue weighted by atomic mass is 9.82. The summed E-state index contributed by atoms with van der Waals surface area (Å²) in [5.74, 6) is -2.46. The molecular weight excluding hydrogens is 640 g/mol. The van der Waals surface area contributed by atoms with E-state index in [0.717, 1.165) is 28.0 Å². The molecule has 12 nitrogen and oxygen atoms in total. The second-order valence-electron chi connectivity index (χ2n) is 9.50. The maximum atomic E-state index is 14.0. The van der Waals surface area contributed by atoms with Crippen LogP contribution in [0.2, 0.25) is 0 Å². The smallest absolute Gasteiger partial charge is 0.305 e. The van der Waals surface area contributed by atoms with Gasteiger partial charge in [-0.05, 0) is 30.3 Å². The molecule has 3 aromatic rings. The number of fused-ring (bicyclic) bond motifs is 2. The van der Waals surface area contributed by atoms with Crippen molar-refractivity contribution >= 4 is 68.1 Å². The fraction of sp³-hybridized carbons (Fsp3) is 0.308. The average molecular weight is 662 g/mol. The summed E-state index contributed by atoms with van der Waals surface area (Å²) in [6.07, 6.45) is 0. The third-order valence-electron chi connectivity index (χ3n) is 7.16. The number of ether oxygens (including phenoxy) is 2. The molecule has 212 valence electrons. The number of hydrogen-bond acceptors (Lipinski definition) is 10. The van der Waals surface area contributed by atoms with E-state index in [4.69, 9.17) is 9.47 Å². The van der Waals surface area contributed by atoms with E-state index in [9.17, 15) is 29.3 Å². The van der Waals surface area contributed by atoms with E-state index in [2.05, 4.69) is 20.9 Å². The van der Waals surface area contributed by atoms with Crippen LogP contribution in [0.15, 0.2) is 56.8 Å². The van der Waals surface area contributed by atoms with Gasteiger partial charge in [-0.1, -0.05) is 39.0 Å². The molecule has 4 heterocycles. The number of nitrogens with one attached hydrogen (secondary N) is 1.